The predicted molar refractivity (Wildman–Crippen MR) is 80.1 cm³/mol. The van der Waals surface area contributed by atoms with Gasteiger partial charge in [0.2, 0.25) is 0 Å². The minimum Gasteiger partial charge on any atom is -0.481 e. The number of nitrogens with zero attached hydrogens (tertiary/aromatic N) is 3. The smallest absolute Gasteiger partial charge is 0.305 e. The number of hydrogen-bond donors (Lipinski definition) is 1. The molecule has 1 N–H and O–H groups in total. The Labute approximate surface area is 136 Å². The van der Waals surface area contributed by atoms with E-state index in [9.17, 15) is 18.4 Å². The highest BCUT2D eigenvalue weighted by Gasteiger charge is 2.19. The van der Waals surface area contributed by atoms with E-state index in [0.717, 1.165) is 12.1 Å². The number of carbonyl (C=O) groups excluding carboxylic acids is 1. The summed E-state index contributed by atoms with van der Waals surface area (Å²) >= 11 is 0. The molecule has 126 valence electrons. The van der Waals surface area contributed by atoms with E-state index in [1.807, 2.05) is 0 Å². The zero-order valence-electron chi connectivity index (χ0n) is 12.9. The fourth-order valence-electron chi connectivity index (χ4n) is 2.07. The van der Waals surface area contributed by atoms with Gasteiger partial charge >= 0.3 is 5.97 Å². The Kier molecular flexibility index (Phi) is 5.51. The summed E-state index contributed by atoms with van der Waals surface area (Å²) in [5.74, 6) is -3.60. The van der Waals surface area contributed by atoms with Crippen LogP contribution in [0, 0.1) is 18.6 Å². The molecule has 0 aliphatic rings. The van der Waals surface area contributed by atoms with Crippen molar-refractivity contribution in [2.75, 3.05) is 6.54 Å². The molecule has 0 saturated carbocycles. The van der Waals surface area contributed by atoms with E-state index < -0.39 is 23.5 Å². The molecule has 2 aromatic rings. The molecular weight excluding hydrogens is 320 g/mol. The van der Waals surface area contributed by atoms with Crippen LogP contribution in [0.4, 0.5) is 8.78 Å². The number of hydrogen-bond acceptors (Lipinski definition) is 4. The first kappa shape index (κ1) is 17.5. The molecule has 0 spiro atoms. The normalized spacial score (nSPS) is 10.5. The number of aliphatic carboxylic acids is 1. The SMILES string of the molecule is Cc1cc(C(=O)N(CCC(=O)O)Cc2ccc(F)c(F)c2)ncn1. The molecule has 1 aromatic carbocycles. The number of aryl methyl sites for hydroxylation is 1. The van der Waals surface area contributed by atoms with Gasteiger partial charge in [0.15, 0.2) is 11.6 Å². The van der Waals surface area contributed by atoms with Crippen LogP contribution in [0.25, 0.3) is 0 Å². The van der Waals surface area contributed by atoms with E-state index in [1.54, 1.807) is 6.92 Å². The highest BCUT2D eigenvalue weighted by molar-refractivity contribution is 5.92. The van der Waals surface area contributed by atoms with Crippen LogP contribution in [0.1, 0.15) is 28.2 Å². The Bertz CT molecular complexity index is 768. The molecule has 0 unspecified atom stereocenters. The maximum absolute atomic E-state index is 13.3. The number of aromatic nitrogens is 2. The van der Waals surface area contributed by atoms with Crippen LogP contribution in [-0.2, 0) is 11.3 Å². The van der Waals surface area contributed by atoms with E-state index in [-0.39, 0.29) is 25.2 Å². The van der Waals surface area contributed by atoms with Crippen molar-refractivity contribution in [3.05, 3.63) is 59.2 Å². The van der Waals surface area contributed by atoms with Crippen LogP contribution in [0.2, 0.25) is 0 Å². The van der Waals surface area contributed by atoms with Crippen LogP contribution in [0.5, 0.6) is 0 Å². The molecule has 0 aliphatic heterocycles. The number of halogens is 2. The topological polar surface area (TPSA) is 83.4 Å². The second kappa shape index (κ2) is 7.58. The van der Waals surface area contributed by atoms with E-state index in [2.05, 4.69) is 9.97 Å². The summed E-state index contributed by atoms with van der Waals surface area (Å²) in [6, 6.07) is 4.74. The summed E-state index contributed by atoms with van der Waals surface area (Å²) in [6.45, 7) is 1.54. The van der Waals surface area contributed by atoms with Crippen molar-refractivity contribution >= 4 is 11.9 Å². The van der Waals surface area contributed by atoms with Crippen LogP contribution >= 0.6 is 0 Å². The number of rotatable bonds is 6. The summed E-state index contributed by atoms with van der Waals surface area (Å²) in [7, 11) is 0. The predicted octanol–water partition coefficient (Wildman–Crippen LogP) is 2.18. The monoisotopic (exact) mass is 335 g/mol. The minimum absolute atomic E-state index is 0.0631. The zero-order valence-corrected chi connectivity index (χ0v) is 12.9. The fourth-order valence-corrected chi connectivity index (χ4v) is 2.07. The van der Waals surface area contributed by atoms with Gasteiger partial charge < -0.3 is 10.0 Å². The Morgan fingerprint density at radius 1 is 1.17 bits per heavy atom. The fraction of sp³-hybridized carbons (Fsp3) is 0.250. The summed E-state index contributed by atoms with van der Waals surface area (Å²) in [5, 5.41) is 8.83. The number of carbonyl (C=O) groups is 2. The second-order valence-corrected chi connectivity index (χ2v) is 5.16. The number of carboxylic acid groups (broad SMARTS) is 1. The Morgan fingerprint density at radius 2 is 1.92 bits per heavy atom. The summed E-state index contributed by atoms with van der Waals surface area (Å²) in [6.07, 6.45) is 0.953. The van der Waals surface area contributed by atoms with Crippen LogP contribution in [0.3, 0.4) is 0 Å². The lowest BCUT2D eigenvalue weighted by atomic mass is 10.2. The summed E-state index contributed by atoms with van der Waals surface area (Å²) in [5.41, 5.74) is 1.04. The van der Waals surface area contributed by atoms with E-state index in [1.165, 1.54) is 23.4 Å². The quantitative estimate of drug-likeness (QED) is 0.875. The van der Waals surface area contributed by atoms with Crippen LogP contribution < -0.4 is 0 Å². The molecule has 0 saturated heterocycles. The number of benzene rings is 1. The van der Waals surface area contributed by atoms with Gasteiger partial charge in [-0.05, 0) is 30.7 Å². The van der Waals surface area contributed by atoms with Gasteiger partial charge in [-0.2, -0.15) is 0 Å². The first-order chi connectivity index (χ1) is 11.4. The molecule has 0 aliphatic carbocycles. The van der Waals surface area contributed by atoms with Gasteiger partial charge in [-0.15, -0.1) is 0 Å². The van der Waals surface area contributed by atoms with E-state index >= 15 is 0 Å². The zero-order chi connectivity index (χ0) is 17.7. The maximum atomic E-state index is 13.3. The van der Waals surface area contributed by atoms with Crippen molar-refractivity contribution in [2.24, 2.45) is 0 Å². The van der Waals surface area contributed by atoms with Crippen molar-refractivity contribution in [3.8, 4) is 0 Å². The van der Waals surface area contributed by atoms with Crippen molar-refractivity contribution in [1.29, 1.82) is 0 Å². The average Bonchev–Trinajstić information content (AvgIpc) is 2.54. The third-order valence-corrected chi connectivity index (χ3v) is 3.26. The van der Waals surface area contributed by atoms with Gasteiger partial charge in [0.05, 0.1) is 6.42 Å². The molecule has 6 nitrogen and oxygen atoms in total. The molecule has 24 heavy (non-hydrogen) atoms. The molecule has 1 aromatic heterocycles. The molecule has 0 atom stereocenters. The number of amides is 1. The van der Waals surface area contributed by atoms with Crippen LogP contribution in [-0.4, -0.2) is 38.4 Å². The van der Waals surface area contributed by atoms with Gasteiger partial charge in [0.1, 0.15) is 12.0 Å². The van der Waals surface area contributed by atoms with Crippen molar-refractivity contribution in [2.45, 2.75) is 19.9 Å². The molecule has 1 heterocycles. The highest BCUT2D eigenvalue weighted by Crippen LogP contribution is 2.13. The van der Waals surface area contributed by atoms with Crippen molar-refractivity contribution in [1.82, 2.24) is 14.9 Å². The van der Waals surface area contributed by atoms with Gasteiger partial charge in [0.25, 0.3) is 5.91 Å². The van der Waals surface area contributed by atoms with Crippen LogP contribution in [0.15, 0.2) is 30.6 Å². The van der Waals surface area contributed by atoms with Crippen molar-refractivity contribution < 1.29 is 23.5 Å². The lowest BCUT2D eigenvalue weighted by molar-refractivity contribution is -0.137. The van der Waals surface area contributed by atoms with E-state index in [0.29, 0.717) is 11.3 Å². The third kappa shape index (κ3) is 4.55. The van der Waals surface area contributed by atoms with Gasteiger partial charge in [0, 0.05) is 18.8 Å². The Hall–Kier alpha value is -2.90. The van der Waals surface area contributed by atoms with E-state index in [4.69, 9.17) is 5.11 Å². The second-order valence-electron chi connectivity index (χ2n) is 5.16. The highest BCUT2D eigenvalue weighted by atomic mass is 19.2. The minimum atomic E-state index is -1.07. The molecule has 0 fully saturated rings. The maximum Gasteiger partial charge on any atom is 0.305 e. The molecule has 0 radical (unpaired) electrons. The average molecular weight is 335 g/mol. The molecule has 0 bridgehead atoms. The Balaban J connectivity index is 2.24. The number of carboxylic acids is 1. The molecule has 1 amide bonds. The van der Waals surface area contributed by atoms with Crippen molar-refractivity contribution in [3.63, 3.8) is 0 Å². The standard InChI is InChI=1S/C16H15F2N3O3/c1-10-6-14(20-9-19-10)16(24)21(5-4-15(22)23)8-11-2-3-12(17)13(18)7-11/h2-3,6-7,9H,4-5,8H2,1H3,(H,22,23). The largest absolute Gasteiger partial charge is 0.481 e. The molecule has 2 rings (SSSR count). The lowest BCUT2D eigenvalue weighted by Crippen LogP contribution is -2.33. The third-order valence-electron chi connectivity index (χ3n) is 3.26. The van der Waals surface area contributed by atoms with Gasteiger partial charge in [-0.1, -0.05) is 6.07 Å². The lowest BCUT2D eigenvalue weighted by Gasteiger charge is -2.22. The van der Waals surface area contributed by atoms with Gasteiger partial charge in [-0.25, -0.2) is 18.7 Å². The molecular formula is C16H15F2N3O3. The Morgan fingerprint density at radius 3 is 2.54 bits per heavy atom. The molecule has 8 heteroatoms. The van der Waals surface area contributed by atoms with Gasteiger partial charge in [-0.3, -0.25) is 9.59 Å². The first-order valence-corrected chi connectivity index (χ1v) is 7.10. The first-order valence-electron chi connectivity index (χ1n) is 7.10. The summed E-state index contributed by atoms with van der Waals surface area (Å²) in [4.78, 5) is 32.3. The summed E-state index contributed by atoms with van der Waals surface area (Å²) < 4.78 is 26.3.